The SMILES string of the molecule is [C-]#[N+]c1c(C(F)(F)F)cc(-c2cc(C)cc(C)c2)n(CC(=O)CC)c1=O. The number of carbonyl (C=O) groups excluding carboxylic acids is 1. The summed E-state index contributed by atoms with van der Waals surface area (Å²) in [6.45, 7) is 11.8. The van der Waals surface area contributed by atoms with Gasteiger partial charge in [0.1, 0.15) is 0 Å². The van der Waals surface area contributed by atoms with Crippen molar-refractivity contribution in [3.05, 3.63) is 62.7 Å². The van der Waals surface area contributed by atoms with Crippen LogP contribution in [-0.4, -0.2) is 10.4 Å². The second kappa shape index (κ2) is 7.16. The van der Waals surface area contributed by atoms with Gasteiger partial charge in [0.25, 0.3) is 11.2 Å². The summed E-state index contributed by atoms with van der Waals surface area (Å²) < 4.78 is 41.1. The van der Waals surface area contributed by atoms with Crippen LogP contribution in [0, 0.1) is 20.4 Å². The molecule has 0 fully saturated rings. The van der Waals surface area contributed by atoms with Crippen LogP contribution in [0.2, 0.25) is 0 Å². The number of hydrogen-bond acceptors (Lipinski definition) is 2. The summed E-state index contributed by atoms with van der Waals surface area (Å²) in [4.78, 5) is 27.2. The van der Waals surface area contributed by atoms with Crippen LogP contribution in [0.25, 0.3) is 16.1 Å². The van der Waals surface area contributed by atoms with Crippen LogP contribution in [0.5, 0.6) is 0 Å². The molecule has 0 amide bonds. The number of aromatic nitrogens is 1. The van der Waals surface area contributed by atoms with Gasteiger partial charge in [-0.2, -0.15) is 13.2 Å². The molecule has 0 N–H and O–H groups in total. The summed E-state index contributed by atoms with van der Waals surface area (Å²) in [6.07, 6.45) is -4.71. The molecule has 0 aliphatic rings. The lowest BCUT2D eigenvalue weighted by Crippen LogP contribution is -2.27. The summed E-state index contributed by atoms with van der Waals surface area (Å²) in [6, 6.07) is 5.92. The van der Waals surface area contributed by atoms with Gasteiger partial charge in [0.05, 0.1) is 18.7 Å². The summed E-state index contributed by atoms with van der Waals surface area (Å²) in [5, 5.41) is 0. The van der Waals surface area contributed by atoms with Gasteiger partial charge in [-0.1, -0.05) is 24.1 Å². The zero-order valence-corrected chi connectivity index (χ0v) is 14.6. The maximum Gasteiger partial charge on any atom is 0.407 e. The molecule has 1 heterocycles. The molecule has 4 nitrogen and oxygen atoms in total. The lowest BCUT2D eigenvalue weighted by Gasteiger charge is -2.18. The number of halogens is 3. The van der Waals surface area contributed by atoms with Crippen LogP contribution in [-0.2, 0) is 17.5 Å². The van der Waals surface area contributed by atoms with Crippen molar-refractivity contribution in [3.63, 3.8) is 0 Å². The monoisotopic (exact) mass is 362 g/mol. The van der Waals surface area contributed by atoms with Crippen molar-refractivity contribution in [2.45, 2.75) is 39.9 Å². The van der Waals surface area contributed by atoms with Gasteiger partial charge in [-0.3, -0.25) is 9.59 Å². The number of Topliss-reactive ketones (excluding diaryl/α,β-unsaturated/α-hetero) is 1. The smallest absolute Gasteiger partial charge is 0.310 e. The van der Waals surface area contributed by atoms with E-state index in [1.54, 1.807) is 32.9 Å². The number of aryl methyl sites for hydroxylation is 2. The van der Waals surface area contributed by atoms with Crippen molar-refractivity contribution >= 4 is 11.5 Å². The lowest BCUT2D eigenvalue weighted by molar-refractivity contribution is -0.136. The molecular weight excluding hydrogens is 345 g/mol. The fraction of sp³-hybridized carbons (Fsp3) is 0.316. The molecule has 0 atom stereocenters. The number of rotatable bonds is 4. The third kappa shape index (κ3) is 3.85. The van der Waals surface area contributed by atoms with E-state index in [1.807, 2.05) is 6.07 Å². The Morgan fingerprint density at radius 1 is 1.15 bits per heavy atom. The molecule has 0 saturated carbocycles. The summed E-state index contributed by atoms with van der Waals surface area (Å²) >= 11 is 0. The molecule has 2 aromatic rings. The quantitative estimate of drug-likeness (QED) is 0.741. The number of ketones is 1. The van der Waals surface area contributed by atoms with Gasteiger partial charge in [0, 0.05) is 12.1 Å². The van der Waals surface area contributed by atoms with Gasteiger partial charge in [0.15, 0.2) is 5.78 Å². The van der Waals surface area contributed by atoms with E-state index < -0.39 is 23.0 Å². The van der Waals surface area contributed by atoms with Crippen LogP contribution in [0.15, 0.2) is 29.1 Å². The zero-order valence-electron chi connectivity index (χ0n) is 14.6. The van der Waals surface area contributed by atoms with Crippen molar-refractivity contribution in [3.8, 4) is 11.3 Å². The normalized spacial score (nSPS) is 11.3. The second-order valence-corrected chi connectivity index (χ2v) is 6.06. The minimum atomic E-state index is -4.85. The minimum Gasteiger partial charge on any atom is -0.310 e. The van der Waals surface area contributed by atoms with Gasteiger partial charge < -0.3 is 4.57 Å². The predicted molar refractivity (Wildman–Crippen MR) is 92.2 cm³/mol. The van der Waals surface area contributed by atoms with E-state index in [2.05, 4.69) is 4.85 Å². The largest absolute Gasteiger partial charge is 0.407 e. The molecule has 0 radical (unpaired) electrons. The first-order valence-corrected chi connectivity index (χ1v) is 7.91. The van der Waals surface area contributed by atoms with Crippen molar-refractivity contribution in [2.75, 3.05) is 0 Å². The highest BCUT2D eigenvalue weighted by molar-refractivity contribution is 5.79. The molecule has 0 unspecified atom stereocenters. The minimum absolute atomic E-state index is 0.0247. The average molecular weight is 362 g/mol. The molecule has 1 aromatic heterocycles. The fourth-order valence-electron chi connectivity index (χ4n) is 2.77. The average Bonchev–Trinajstić information content (AvgIpc) is 2.54. The van der Waals surface area contributed by atoms with Crippen LogP contribution < -0.4 is 5.56 Å². The van der Waals surface area contributed by atoms with Crippen molar-refractivity contribution < 1.29 is 18.0 Å². The first-order valence-electron chi connectivity index (χ1n) is 7.91. The predicted octanol–water partition coefficient (Wildman–Crippen LogP) is 4.68. The highest BCUT2D eigenvalue weighted by Gasteiger charge is 2.36. The summed E-state index contributed by atoms with van der Waals surface area (Å²) in [5.41, 5.74) is -1.42. The Balaban J connectivity index is 2.91. The van der Waals surface area contributed by atoms with Crippen molar-refractivity contribution in [1.82, 2.24) is 4.57 Å². The Hall–Kier alpha value is -2.88. The Labute approximate surface area is 148 Å². The van der Waals surface area contributed by atoms with E-state index in [9.17, 15) is 22.8 Å². The third-order valence-corrected chi connectivity index (χ3v) is 3.94. The van der Waals surface area contributed by atoms with Gasteiger partial charge in [-0.15, -0.1) is 0 Å². The molecule has 0 saturated heterocycles. The Morgan fingerprint density at radius 3 is 2.19 bits per heavy atom. The lowest BCUT2D eigenvalue weighted by atomic mass is 10.0. The standard InChI is InChI=1S/C19H17F3N2O2/c1-5-14(25)10-24-16(13-7-11(2)6-12(3)8-13)9-15(19(20,21)22)17(23-4)18(24)26/h6-9H,5,10H2,1-3H3. The van der Waals surface area contributed by atoms with E-state index in [4.69, 9.17) is 6.57 Å². The van der Waals surface area contributed by atoms with E-state index in [0.29, 0.717) is 5.56 Å². The van der Waals surface area contributed by atoms with Gasteiger partial charge in [0.2, 0.25) is 0 Å². The fourth-order valence-corrected chi connectivity index (χ4v) is 2.77. The number of carbonyl (C=O) groups is 1. The molecule has 7 heteroatoms. The zero-order chi connectivity index (χ0) is 19.6. The number of pyridine rings is 1. The highest BCUT2D eigenvalue weighted by Crippen LogP contribution is 2.37. The van der Waals surface area contributed by atoms with Crippen LogP contribution in [0.4, 0.5) is 18.9 Å². The molecule has 0 aliphatic heterocycles. The van der Waals surface area contributed by atoms with Crippen molar-refractivity contribution in [2.24, 2.45) is 0 Å². The number of benzene rings is 1. The molecule has 1 aromatic carbocycles. The number of hydrogen-bond donors (Lipinski definition) is 0. The molecule has 26 heavy (non-hydrogen) atoms. The van der Waals surface area contributed by atoms with E-state index >= 15 is 0 Å². The second-order valence-electron chi connectivity index (χ2n) is 6.06. The van der Waals surface area contributed by atoms with E-state index in [1.165, 1.54) is 0 Å². The molecule has 0 spiro atoms. The van der Waals surface area contributed by atoms with Gasteiger partial charge in [-0.05, 0) is 37.6 Å². The number of alkyl halides is 3. The summed E-state index contributed by atoms with van der Waals surface area (Å²) in [5.74, 6) is -0.312. The molecule has 2 rings (SSSR count). The highest BCUT2D eigenvalue weighted by atomic mass is 19.4. The maximum absolute atomic E-state index is 13.4. The van der Waals surface area contributed by atoms with Crippen LogP contribution >= 0.6 is 0 Å². The molecule has 136 valence electrons. The summed E-state index contributed by atoms with van der Waals surface area (Å²) in [7, 11) is 0. The van der Waals surface area contributed by atoms with Crippen molar-refractivity contribution in [1.29, 1.82) is 0 Å². The van der Waals surface area contributed by atoms with Gasteiger partial charge in [-0.25, -0.2) is 4.85 Å². The Bertz CT molecular complexity index is 946. The molecular formula is C19H17F3N2O2. The first-order chi connectivity index (χ1) is 12.1. The van der Waals surface area contributed by atoms with E-state index in [0.717, 1.165) is 21.8 Å². The molecule has 0 bridgehead atoms. The van der Waals surface area contributed by atoms with Crippen LogP contribution in [0.3, 0.4) is 0 Å². The van der Waals surface area contributed by atoms with E-state index in [-0.39, 0.29) is 24.4 Å². The molecule has 0 aliphatic carbocycles. The van der Waals surface area contributed by atoms with Gasteiger partial charge >= 0.3 is 6.18 Å². The maximum atomic E-state index is 13.4. The Morgan fingerprint density at radius 2 is 1.73 bits per heavy atom. The Kier molecular flexibility index (Phi) is 5.36. The number of nitrogens with zero attached hydrogens (tertiary/aromatic N) is 2. The first kappa shape index (κ1) is 19.4. The van der Waals surface area contributed by atoms with Crippen LogP contribution in [0.1, 0.15) is 30.0 Å². The topological polar surface area (TPSA) is 43.4 Å². The third-order valence-electron chi connectivity index (χ3n) is 3.94.